The Morgan fingerprint density at radius 1 is 1.00 bits per heavy atom. The number of phenolic OH excluding ortho intramolecular Hbond substituents is 2. The van der Waals surface area contributed by atoms with Crippen LogP contribution >= 0.6 is 23.2 Å². The summed E-state index contributed by atoms with van der Waals surface area (Å²) in [6.07, 6.45) is 0.375. The smallest absolute Gasteiger partial charge is 0.137 e. The summed E-state index contributed by atoms with van der Waals surface area (Å²) in [7, 11) is 0. The third kappa shape index (κ3) is 2.71. The summed E-state index contributed by atoms with van der Waals surface area (Å²) in [6, 6.07) is 8.45. The van der Waals surface area contributed by atoms with Crippen molar-refractivity contribution in [2.24, 2.45) is 0 Å². The molecule has 18 heavy (non-hydrogen) atoms. The minimum atomic E-state index is 0.00183. The molecule has 94 valence electrons. The second kappa shape index (κ2) is 5.09. The van der Waals surface area contributed by atoms with Gasteiger partial charge in [0.1, 0.15) is 11.5 Å². The van der Waals surface area contributed by atoms with Gasteiger partial charge in [-0.05, 0) is 30.7 Å². The lowest BCUT2D eigenvalue weighted by atomic mass is 10.0. The Morgan fingerprint density at radius 2 is 1.72 bits per heavy atom. The van der Waals surface area contributed by atoms with Gasteiger partial charge < -0.3 is 10.2 Å². The standard InChI is InChI=1S/C14H12Cl2O2/c1-8-2-3-13(17)9(4-8)5-10-6-11(15)7-12(16)14(10)18/h2-4,6-7,17-18H,5H2,1H3. The Hall–Kier alpha value is -1.38. The number of hydrogen-bond acceptors (Lipinski definition) is 2. The molecule has 0 amide bonds. The van der Waals surface area contributed by atoms with Crippen LogP contribution in [0, 0.1) is 6.92 Å². The molecule has 2 aromatic carbocycles. The number of phenols is 2. The highest BCUT2D eigenvalue weighted by Gasteiger charge is 2.11. The van der Waals surface area contributed by atoms with E-state index in [1.807, 2.05) is 19.1 Å². The van der Waals surface area contributed by atoms with Gasteiger partial charge in [0.25, 0.3) is 0 Å². The minimum absolute atomic E-state index is 0.00183. The summed E-state index contributed by atoms with van der Waals surface area (Å²) in [5.74, 6) is 0.193. The zero-order valence-corrected chi connectivity index (χ0v) is 11.3. The molecule has 0 saturated carbocycles. The molecule has 0 aliphatic rings. The van der Waals surface area contributed by atoms with E-state index >= 15 is 0 Å². The summed E-state index contributed by atoms with van der Waals surface area (Å²) in [4.78, 5) is 0. The molecule has 0 heterocycles. The number of benzene rings is 2. The van der Waals surface area contributed by atoms with Crippen molar-refractivity contribution in [2.45, 2.75) is 13.3 Å². The van der Waals surface area contributed by atoms with Crippen LogP contribution in [0.1, 0.15) is 16.7 Å². The van der Waals surface area contributed by atoms with Crippen LogP contribution in [0.3, 0.4) is 0 Å². The normalized spacial score (nSPS) is 10.6. The number of halogens is 2. The molecule has 0 aromatic heterocycles. The van der Waals surface area contributed by atoms with E-state index < -0.39 is 0 Å². The summed E-state index contributed by atoms with van der Waals surface area (Å²) < 4.78 is 0. The van der Waals surface area contributed by atoms with Gasteiger partial charge in [-0.2, -0.15) is 0 Å². The Balaban J connectivity index is 2.43. The lowest BCUT2D eigenvalue weighted by Gasteiger charge is -2.09. The zero-order chi connectivity index (χ0) is 13.3. The Bertz CT molecular complexity index is 595. The molecular weight excluding hydrogens is 271 g/mol. The predicted molar refractivity (Wildman–Crippen MR) is 73.8 cm³/mol. The lowest BCUT2D eigenvalue weighted by molar-refractivity contribution is 0.463. The number of aryl methyl sites for hydroxylation is 1. The number of aromatic hydroxyl groups is 2. The fourth-order valence-corrected chi connectivity index (χ4v) is 2.35. The molecule has 0 aliphatic heterocycles. The van der Waals surface area contributed by atoms with E-state index in [1.165, 1.54) is 6.07 Å². The van der Waals surface area contributed by atoms with Gasteiger partial charge in [0, 0.05) is 17.0 Å². The Morgan fingerprint density at radius 3 is 2.44 bits per heavy atom. The van der Waals surface area contributed by atoms with Crippen molar-refractivity contribution < 1.29 is 10.2 Å². The van der Waals surface area contributed by atoms with Crippen LogP contribution in [0.4, 0.5) is 0 Å². The molecule has 2 nitrogen and oxygen atoms in total. The summed E-state index contributed by atoms with van der Waals surface area (Å²) in [5, 5.41) is 20.3. The molecule has 0 unspecified atom stereocenters. The first kappa shape index (κ1) is 13.1. The molecule has 4 heteroatoms. The van der Waals surface area contributed by atoms with Crippen molar-refractivity contribution in [3.05, 3.63) is 57.1 Å². The third-order valence-corrected chi connectivity index (χ3v) is 3.23. The largest absolute Gasteiger partial charge is 0.508 e. The van der Waals surface area contributed by atoms with Crippen LogP contribution in [-0.4, -0.2) is 10.2 Å². The molecule has 0 radical (unpaired) electrons. The maximum atomic E-state index is 9.87. The molecule has 0 spiro atoms. The van der Waals surface area contributed by atoms with Gasteiger partial charge in [0.05, 0.1) is 5.02 Å². The fraction of sp³-hybridized carbons (Fsp3) is 0.143. The molecule has 2 rings (SSSR count). The molecule has 0 aliphatic carbocycles. The average Bonchev–Trinajstić information content (AvgIpc) is 2.30. The first-order chi connectivity index (χ1) is 8.47. The molecular formula is C14H12Cl2O2. The summed E-state index contributed by atoms with van der Waals surface area (Å²) >= 11 is 11.8. The maximum absolute atomic E-state index is 9.87. The topological polar surface area (TPSA) is 40.5 Å². The van der Waals surface area contributed by atoms with E-state index in [0.29, 0.717) is 17.0 Å². The predicted octanol–water partition coefficient (Wildman–Crippen LogP) is 4.30. The third-order valence-electron chi connectivity index (χ3n) is 2.72. The Labute approximate surface area is 115 Å². The zero-order valence-electron chi connectivity index (χ0n) is 9.74. The van der Waals surface area contributed by atoms with Gasteiger partial charge in [-0.1, -0.05) is 40.9 Å². The number of rotatable bonds is 2. The SMILES string of the molecule is Cc1ccc(O)c(Cc2cc(Cl)cc(Cl)c2O)c1. The average molecular weight is 283 g/mol. The second-order valence-electron chi connectivity index (χ2n) is 4.20. The highest BCUT2D eigenvalue weighted by molar-refractivity contribution is 6.35. The fourth-order valence-electron chi connectivity index (χ4n) is 1.82. The van der Waals surface area contributed by atoms with Crippen molar-refractivity contribution >= 4 is 23.2 Å². The van der Waals surface area contributed by atoms with E-state index in [4.69, 9.17) is 23.2 Å². The van der Waals surface area contributed by atoms with Gasteiger partial charge in [-0.3, -0.25) is 0 Å². The molecule has 0 fully saturated rings. The first-order valence-corrected chi connectivity index (χ1v) is 6.18. The summed E-state index contributed by atoms with van der Waals surface area (Å²) in [6.45, 7) is 1.94. The van der Waals surface area contributed by atoms with Crippen molar-refractivity contribution in [3.63, 3.8) is 0 Å². The van der Waals surface area contributed by atoms with Crippen LogP contribution in [0.2, 0.25) is 10.0 Å². The van der Waals surface area contributed by atoms with Crippen LogP contribution in [0.5, 0.6) is 11.5 Å². The second-order valence-corrected chi connectivity index (χ2v) is 5.05. The van der Waals surface area contributed by atoms with Crippen LogP contribution in [0.25, 0.3) is 0 Å². The van der Waals surface area contributed by atoms with Gasteiger partial charge in [0.15, 0.2) is 0 Å². The van der Waals surface area contributed by atoms with Gasteiger partial charge >= 0.3 is 0 Å². The van der Waals surface area contributed by atoms with Crippen LogP contribution in [-0.2, 0) is 6.42 Å². The molecule has 0 bridgehead atoms. The Kier molecular flexibility index (Phi) is 3.69. The molecule has 2 N–H and O–H groups in total. The van der Waals surface area contributed by atoms with Crippen molar-refractivity contribution in [3.8, 4) is 11.5 Å². The minimum Gasteiger partial charge on any atom is -0.508 e. The van der Waals surface area contributed by atoms with E-state index in [-0.39, 0.29) is 16.5 Å². The van der Waals surface area contributed by atoms with E-state index in [9.17, 15) is 10.2 Å². The highest BCUT2D eigenvalue weighted by atomic mass is 35.5. The van der Waals surface area contributed by atoms with Crippen molar-refractivity contribution in [2.75, 3.05) is 0 Å². The molecule has 0 atom stereocenters. The van der Waals surface area contributed by atoms with E-state index in [1.54, 1.807) is 12.1 Å². The van der Waals surface area contributed by atoms with Crippen molar-refractivity contribution in [1.82, 2.24) is 0 Å². The monoisotopic (exact) mass is 282 g/mol. The quantitative estimate of drug-likeness (QED) is 0.862. The highest BCUT2D eigenvalue weighted by Crippen LogP contribution is 2.34. The van der Waals surface area contributed by atoms with Crippen LogP contribution in [0.15, 0.2) is 30.3 Å². The molecule has 0 saturated heterocycles. The molecule has 2 aromatic rings. The van der Waals surface area contributed by atoms with Gasteiger partial charge in [-0.25, -0.2) is 0 Å². The van der Waals surface area contributed by atoms with E-state index in [0.717, 1.165) is 11.1 Å². The number of hydrogen-bond donors (Lipinski definition) is 2. The first-order valence-electron chi connectivity index (χ1n) is 5.43. The van der Waals surface area contributed by atoms with Crippen molar-refractivity contribution in [1.29, 1.82) is 0 Å². The summed E-state index contributed by atoms with van der Waals surface area (Å²) in [5.41, 5.74) is 2.35. The van der Waals surface area contributed by atoms with Gasteiger partial charge in [0.2, 0.25) is 0 Å². The van der Waals surface area contributed by atoms with Crippen LogP contribution < -0.4 is 0 Å². The van der Waals surface area contributed by atoms with Gasteiger partial charge in [-0.15, -0.1) is 0 Å². The lowest BCUT2D eigenvalue weighted by Crippen LogP contribution is -1.91. The maximum Gasteiger partial charge on any atom is 0.137 e. The van der Waals surface area contributed by atoms with E-state index in [2.05, 4.69) is 0 Å².